The molecule has 5 heteroatoms. The van der Waals surface area contributed by atoms with Gasteiger partial charge in [-0.25, -0.2) is 0 Å². The smallest absolute Gasteiger partial charge is 0.314 e. The molecule has 0 unspecified atom stereocenters. The van der Waals surface area contributed by atoms with Crippen LogP contribution in [0.15, 0.2) is 48.2 Å². The topological polar surface area (TPSA) is 52.6 Å². The third-order valence-corrected chi connectivity index (χ3v) is 5.33. The number of ether oxygens (including phenoxy) is 2. The SMILES string of the molecule is O=C1/C(=C/c2ccccc2Cl)Oc2cc(OC(=O)C3CCCCC3)ccc21. The van der Waals surface area contributed by atoms with E-state index in [9.17, 15) is 9.59 Å². The minimum atomic E-state index is -0.213. The Morgan fingerprint density at radius 3 is 2.67 bits per heavy atom. The molecule has 2 aliphatic rings. The van der Waals surface area contributed by atoms with Crippen molar-refractivity contribution in [2.24, 2.45) is 5.92 Å². The van der Waals surface area contributed by atoms with Crippen LogP contribution >= 0.6 is 11.6 Å². The number of hydrogen-bond acceptors (Lipinski definition) is 4. The average molecular weight is 383 g/mol. The van der Waals surface area contributed by atoms with Crippen LogP contribution in [0.25, 0.3) is 6.08 Å². The zero-order valence-corrected chi connectivity index (χ0v) is 15.5. The lowest BCUT2D eigenvalue weighted by Crippen LogP contribution is -2.22. The Kier molecular flexibility index (Phi) is 4.99. The summed E-state index contributed by atoms with van der Waals surface area (Å²) in [6.45, 7) is 0. The van der Waals surface area contributed by atoms with E-state index in [2.05, 4.69) is 0 Å². The molecule has 0 amide bonds. The number of halogens is 1. The van der Waals surface area contributed by atoms with Gasteiger partial charge in [-0.05, 0) is 42.7 Å². The number of allylic oxidation sites excluding steroid dienone is 1. The molecule has 4 rings (SSSR count). The lowest BCUT2D eigenvalue weighted by atomic mass is 9.89. The second kappa shape index (κ2) is 7.57. The molecule has 2 aromatic rings. The highest BCUT2D eigenvalue weighted by Crippen LogP contribution is 2.36. The summed E-state index contributed by atoms with van der Waals surface area (Å²) in [5, 5.41) is 0.541. The zero-order chi connectivity index (χ0) is 18.8. The van der Waals surface area contributed by atoms with Gasteiger partial charge in [-0.2, -0.15) is 0 Å². The van der Waals surface area contributed by atoms with Crippen molar-refractivity contribution in [2.75, 3.05) is 0 Å². The van der Waals surface area contributed by atoms with Gasteiger partial charge in [0.1, 0.15) is 11.5 Å². The summed E-state index contributed by atoms with van der Waals surface area (Å²) in [5.41, 5.74) is 1.16. The number of fused-ring (bicyclic) bond motifs is 1. The number of carbonyl (C=O) groups excluding carboxylic acids is 2. The van der Waals surface area contributed by atoms with Crippen LogP contribution in [0.1, 0.15) is 48.0 Å². The molecule has 0 N–H and O–H groups in total. The number of carbonyl (C=O) groups is 2. The molecule has 0 saturated heterocycles. The van der Waals surface area contributed by atoms with Crippen molar-refractivity contribution in [1.29, 1.82) is 0 Å². The zero-order valence-electron chi connectivity index (χ0n) is 14.7. The number of hydrogen-bond donors (Lipinski definition) is 0. The molecule has 2 aromatic carbocycles. The quantitative estimate of drug-likeness (QED) is 0.403. The summed E-state index contributed by atoms with van der Waals surface area (Å²) >= 11 is 6.15. The van der Waals surface area contributed by atoms with Gasteiger partial charge < -0.3 is 9.47 Å². The molecule has 1 heterocycles. The van der Waals surface area contributed by atoms with E-state index >= 15 is 0 Å². The van der Waals surface area contributed by atoms with Crippen molar-refractivity contribution in [1.82, 2.24) is 0 Å². The maximum absolute atomic E-state index is 12.5. The first-order valence-electron chi connectivity index (χ1n) is 9.16. The van der Waals surface area contributed by atoms with Gasteiger partial charge in [0, 0.05) is 11.1 Å². The Balaban J connectivity index is 1.52. The molecule has 4 nitrogen and oxygen atoms in total. The Morgan fingerprint density at radius 2 is 1.89 bits per heavy atom. The standard InChI is InChI=1S/C22H19ClO4/c23-18-9-5-4-8-15(18)12-20-21(24)17-11-10-16(13-19(17)27-20)26-22(25)14-6-2-1-3-7-14/h4-5,8-14H,1-3,6-7H2/b20-12-. The van der Waals surface area contributed by atoms with E-state index in [1.165, 1.54) is 6.42 Å². The average Bonchev–Trinajstić information content (AvgIpc) is 2.99. The van der Waals surface area contributed by atoms with Gasteiger partial charge in [0.15, 0.2) is 5.76 Å². The number of esters is 1. The second-order valence-corrected chi connectivity index (χ2v) is 7.28. The second-order valence-electron chi connectivity index (χ2n) is 6.88. The van der Waals surface area contributed by atoms with Gasteiger partial charge in [0.25, 0.3) is 0 Å². The van der Waals surface area contributed by atoms with Gasteiger partial charge in [-0.15, -0.1) is 0 Å². The monoisotopic (exact) mass is 382 g/mol. The fourth-order valence-electron chi connectivity index (χ4n) is 3.50. The van der Waals surface area contributed by atoms with E-state index in [0.717, 1.165) is 25.7 Å². The molecule has 0 radical (unpaired) electrons. The van der Waals surface area contributed by atoms with Gasteiger partial charge in [0.05, 0.1) is 11.5 Å². The van der Waals surface area contributed by atoms with Gasteiger partial charge in [-0.3, -0.25) is 9.59 Å². The third kappa shape index (κ3) is 3.76. The van der Waals surface area contributed by atoms with Crippen LogP contribution in [-0.4, -0.2) is 11.8 Å². The molecule has 1 fully saturated rings. The van der Waals surface area contributed by atoms with E-state index in [1.807, 2.05) is 18.2 Å². The highest BCUT2D eigenvalue weighted by atomic mass is 35.5. The molecule has 27 heavy (non-hydrogen) atoms. The van der Waals surface area contributed by atoms with E-state index in [-0.39, 0.29) is 23.4 Å². The fourth-order valence-corrected chi connectivity index (χ4v) is 3.69. The lowest BCUT2D eigenvalue weighted by Gasteiger charge is -2.19. The van der Waals surface area contributed by atoms with Crippen LogP contribution in [-0.2, 0) is 4.79 Å². The third-order valence-electron chi connectivity index (χ3n) is 4.99. The fraction of sp³-hybridized carbons (Fsp3) is 0.273. The van der Waals surface area contributed by atoms with Crippen LogP contribution in [0, 0.1) is 5.92 Å². The van der Waals surface area contributed by atoms with Crippen LogP contribution < -0.4 is 9.47 Å². The molecule has 1 aliphatic carbocycles. The highest BCUT2D eigenvalue weighted by molar-refractivity contribution is 6.32. The van der Waals surface area contributed by atoms with Gasteiger partial charge in [-0.1, -0.05) is 49.1 Å². The van der Waals surface area contributed by atoms with Crippen molar-refractivity contribution in [3.63, 3.8) is 0 Å². The lowest BCUT2D eigenvalue weighted by molar-refractivity contribution is -0.139. The molecule has 0 aromatic heterocycles. The highest BCUT2D eigenvalue weighted by Gasteiger charge is 2.29. The normalized spacial score (nSPS) is 18.3. The summed E-state index contributed by atoms with van der Waals surface area (Å²) in [5.74, 6) is 0.545. The van der Waals surface area contributed by atoms with Gasteiger partial charge >= 0.3 is 5.97 Å². The Hall–Kier alpha value is -2.59. The maximum atomic E-state index is 12.5. The van der Waals surface area contributed by atoms with Gasteiger partial charge in [0.2, 0.25) is 5.78 Å². The van der Waals surface area contributed by atoms with Crippen LogP contribution in [0.4, 0.5) is 0 Å². The first-order chi connectivity index (χ1) is 13.1. The summed E-state index contributed by atoms with van der Waals surface area (Å²) < 4.78 is 11.2. The molecular weight excluding hydrogens is 364 g/mol. The molecule has 0 bridgehead atoms. The largest absolute Gasteiger partial charge is 0.452 e. The molecule has 1 saturated carbocycles. The summed E-state index contributed by atoms with van der Waals surface area (Å²) in [7, 11) is 0. The molecule has 138 valence electrons. The molecule has 0 spiro atoms. The number of ketones is 1. The maximum Gasteiger partial charge on any atom is 0.314 e. The van der Waals surface area contributed by atoms with Crippen molar-refractivity contribution < 1.29 is 19.1 Å². The van der Waals surface area contributed by atoms with Crippen molar-refractivity contribution in [2.45, 2.75) is 32.1 Å². The predicted octanol–water partition coefficient (Wildman–Crippen LogP) is 5.44. The van der Waals surface area contributed by atoms with E-state index in [1.54, 1.807) is 30.3 Å². The first-order valence-corrected chi connectivity index (χ1v) is 9.54. The summed E-state index contributed by atoms with van der Waals surface area (Å²) in [6.07, 6.45) is 6.69. The van der Waals surface area contributed by atoms with Crippen molar-refractivity contribution in [3.8, 4) is 11.5 Å². The summed E-state index contributed by atoms with van der Waals surface area (Å²) in [6, 6.07) is 12.1. The number of benzene rings is 2. The van der Waals surface area contributed by atoms with Crippen LogP contribution in [0.5, 0.6) is 11.5 Å². The predicted molar refractivity (Wildman–Crippen MR) is 103 cm³/mol. The van der Waals surface area contributed by atoms with E-state index < -0.39 is 0 Å². The molecule has 0 atom stereocenters. The van der Waals surface area contributed by atoms with E-state index in [4.69, 9.17) is 21.1 Å². The van der Waals surface area contributed by atoms with Crippen molar-refractivity contribution in [3.05, 3.63) is 64.4 Å². The Bertz CT molecular complexity index is 926. The molecule has 1 aliphatic heterocycles. The number of rotatable bonds is 3. The van der Waals surface area contributed by atoms with E-state index in [0.29, 0.717) is 27.6 Å². The Labute approximate surface area is 162 Å². The van der Waals surface area contributed by atoms with Crippen LogP contribution in [0.3, 0.4) is 0 Å². The molecular formula is C22H19ClO4. The summed E-state index contributed by atoms with van der Waals surface area (Å²) in [4.78, 5) is 24.9. The first kappa shape index (κ1) is 17.8. The minimum Gasteiger partial charge on any atom is -0.452 e. The number of Topliss-reactive ketones (excluding diaryl/α,β-unsaturated/α-hetero) is 1. The Morgan fingerprint density at radius 1 is 1.11 bits per heavy atom. The minimum absolute atomic E-state index is 0.0368. The van der Waals surface area contributed by atoms with Crippen molar-refractivity contribution >= 4 is 29.4 Å². The van der Waals surface area contributed by atoms with Crippen LogP contribution in [0.2, 0.25) is 5.02 Å².